The van der Waals surface area contributed by atoms with E-state index >= 15 is 0 Å². The van der Waals surface area contributed by atoms with E-state index in [0.29, 0.717) is 0 Å². The van der Waals surface area contributed by atoms with Gasteiger partial charge in [0.2, 0.25) is 5.78 Å². The van der Waals surface area contributed by atoms with E-state index in [4.69, 9.17) is 5.11 Å². The number of ketones is 2. The molecule has 0 spiro atoms. The van der Waals surface area contributed by atoms with Crippen molar-refractivity contribution in [3.8, 4) is 17.2 Å². The Morgan fingerprint density at radius 3 is 2.05 bits per heavy atom. The lowest BCUT2D eigenvalue weighted by Gasteiger charge is -2.20. The van der Waals surface area contributed by atoms with E-state index in [9.17, 15) is 24.6 Å². The van der Waals surface area contributed by atoms with Crippen LogP contribution < -0.4 is 4.74 Å². The average molecular weight is 300 g/mol. The summed E-state index contributed by atoms with van der Waals surface area (Å²) in [6, 6.07) is 6.07. The van der Waals surface area contributed by atoms with Crippen LogP contribution in [0, 0.1) is 0 Å². The number of hydrogen-bond acceptors (Lipinski definition) is 6. The number of benzene rings is 2. The Labute approximate surface area is 123 Å². The maximum absolute atomic E-state index is 12.5. The van der Waals surface area contributed by atoms with Crippen LogP contribution in [0.15, 0.2) is 30.3 Å². The standard InChI is InChI=1S/C15H8O7/c16-7-4-5-8(17)12-11(7)13(18)6-2-1-3-9(22-15(20)21)10(6)14(12)19/h1-5,16-17H,(H,20,21). The molecule has 0 heterocycles. The van der Waals surface area contributed by atoms with Gasteiger partial charge in [0.25, 0.3) is 0 Å². The van der Waals surface area contributed by atoms with Gasteiger partial charge in [-0.25, -0.2) is 4.79 Å². The van der Waals surface area contributed by atoms with E-state index in [1.807, 2.05) is 0 Å². The summed E-state index contributed by atoms with van der Waals surface area (Å²) in [6.45, 7) is 0. The van der Waals surface area contributed by atoms with E-state index < -0.39 is 29.2 Å². The van der Waals surface area contributed by atoms with Crippen LogP contribution in [-0.4, -0.2) is 33.0 Å². The zero-order valence-electron chi connectivity index (χ0n) is 10.9. The second-order valence-corrected chi connectivity index (χ2v) is 4.56. The van der Waals surface area contributed by atoms with Gasteiger partial charge in [-0.2, -0.15) is 0 Å². The van der Waals surface area contributed by atoms with E-state index in [1.165, 1.54) is 18.2 Å². The molecule has 0 unspecified atom stereocenters. The van der Waals surface area contributed by atoms with Gasteiger partial charge in [0.1, 0.15) is 17.2 Å². The van der Waals surface area contributed by atoms with Gasteiger partial charge in [0.15, 0.2) is 5.78 Å². The van der Waals surface area contributed by atoms with Gasteiger partial charge in [-0.1, -0.05) is 12.1 Å². The molecule has 0 radical (unpaired) electrons. The fraction of sp³-hybridized carbons (Fsp3) is 0. The van der Waals surface area contributed by atoms with Gasteiger partial charge in [0.05, 0.1) is 16.7 Å². The second kappa shape index (κ2) is 4.59. The summed E-state index contributed by atoms with van der Waals surface area (Å²) in [7, 11) is 0. The van der Waals surface area contributed by atoms with Crippen LogP contribution in [0.3, 0.4) is 0 Å². The maximum Gasteiger partial charge on any atom is 0.511 e. The first kappa shape index (κ1) is 13.6. The molecule has 0 bridgehead atoms. The third-order valence-electron chi connectivity index (χ3n) is 3.31. The Morgan fingerprint density at radius 1 is 0.864 bits per heavy atom. The third kappa shape index (κ3) is 1.80. The molecule has 2 aromatic rings. The number of phenols is 2. The van der Waals surface area contributed by atoms with E-state index in [0.717, 1.165) is 12.1 Å². The van der Waals surface area contributed by atoms with Crippen LogP contribution in [0.25, 0.3) is 0 Å². The molecule has 0 atom stereocenters. The van der Waals surface area contributed by atoms with Crippen molar-refractivity contribution >= 4 is 17.7 Å². The Morgan fingerprint density at radius 2 is 1.45 bits per heavy atom. The molecule has 22 heavy (non-hydrogen) atoms. The van der Waals surface area contributed by atoms with Gasteiger partial charge < -0.3 is 20.1 Å². The molecule has 1 aliphatic carbocycles. The molecular weight excluding hydrogens is 292 g/mol. The normalized spacial score (nSPS) is 12.5. The van der Waals surface area contributed by atoms with Gasteiger partial charge in [-0.05, 0) is 18.2 Å². The molecule has 3 rings (SSSR count). The van der Waals surface area contributed by atoms with Crippen molar-refractivity contribution in [2.24, 2.45) is 0 Å². The zero-order valence-corrected chi connectivity index (χ0v) is 10.9. The summed E-state index contributed by atoms with van der Waals surface area (Å²) in [5.74, 6) is -2.73. The fourth-order valence-corrected chi connectivity index (χ4v) is 2.43. The molecule has 0 fully saturated rings. The zero-order chi connectivity index (χ0) is 16.0. The number of aromatic hydroxyl groups is 2. The van der Waals surface area contributed by atoms with Gasteiger partial charge in [-0.3, -0.25) is 9.59 Å². The topological polar surface area (TPSA) is 121 Å². The molecule has 2 aromatic carbocycles. The van der Waals surface area contributed by atoms with Crippen molar-refractivity contribution in [2.75, 3.05) is 0 Å². The quantitative estimate of drug-likeness (QED) is 0.356. The second-order valence-electron chi connectivity index (χ2n) is 4.56. The molecule has 0 saturated carbocycles. The largest absolute Gasteiger partial charge is 0.511 e. The SMILES string of the molecule is O=C(O)Oc1cccc2c1C(=O)c1c(O)ccc(O)c1C2=O. The number of carboxylic acid groups (broad SMARTS) is 1. The number of hydrogen-bond donors (Lipinski definition) is 3. The van der Waals surface area contributed by atoms with Crippen LogP contribution in [0.4, 0.5) is 4.79 Å². The van der Waals surface area contributed by atoms with Gasteiger partial charge >= 0.3 is 6.16 Å². The summed E-state index contributed by atoms with van der Waals surface area (Å²) >= 11 is 0. The van der Waals surface area contributed by atoms with Gasteiger partial charge in [-0.15, -0.1) is 0 Å². The predicted molar refractivity (Wildman–Crippen MR) is 71.7 cm³/mol. The molecule has 0 amide bonds. The summed E-state index contributed by atoms with van der Waals surface area (Å²) in [5.41, 5.74) is -1.05. The van der Waals surface area contributed by atoms with Crippen molar-refractivity contribution in [1.29, 1.82) is 0 Å². The van der Waals surface area contributed by atoms with Crippen molar-refractivity contribution in [2.45, 2.75) is 0 Å². The number of phenolic OH excluding ortho intramolecular Hbond substituents is 2. The van der Waals surface area contributed by atoms with Crippen LogP contribution in [0.5, 0.6) is 17.2 Å². The minimum atomic E-state index is -1.64. The molecule has 110 valence electrons. The molecule has 0 aliphatic heterocycles. The first-order valence-corrected chi connectivity index (χ1v) is 6.10. The lowest BCUT2D eigenvalue weighted by Crippen LogP contribution is -2.22. The minimum absolute atomic E-state index is 0.0999. The van der Waals surface area contributed by atoms with Crippen LogP contribution in [0.2, 0.25) is 0 Å². The molecular formula is C15H8O7. The summed E-state index contributed by atoms with van der Waals surface area (Å²) in [6.07, 6.45) is -1.64. The lowest BCUT2D eigenvalue weighted by molar-refractivity contribution is 0.0969. The first-order valence-electron chi connectivity index (χ1n) is 6.10. The minimum Gasteiger partial charge on any atom is -0.507 e. The molecule has 0 aromatic heterocycles. The van der Waals surface area contributed by atoms with E-state index in [2.05, 4.69) is 4.74 Å². The van der Waals surface area contributed by atoms with Crippen LogP contribution in [0.1, 0.15) is 31.8 Å². The van der Waals surface area contributed by atoms with Crippen molar-refractivity contribution in [3.63, 3.8) is 0 Å². The summed E-state index contributed by atoms with van der Waals surface area (Å²) in [5, 5.41) is 28.3. The molecule has 7 heteroatoms. The van der Waals surface area contributed by atoms with Gasteiger partial charge in [0, 0.05) is 5.56 Å². The third-order valence-corrected chi connectivity index (χ3v) is 3.31. The number of rotatable bonds is 1. The number of fused-ring (bicyclic) bond motifs is 2. The molecule has 3 N–H and O–H groups in total. The van der Waals surface area contributed by atoms with Crippen molar-refractivity contribution in [1.82, 2.24) is 0 Å². The smallest absolute Gasteiger partial charge is 0.507 e. The highest BCUT2D eigenvalue weighted by atomic mass is 16.7. The van der Waals surface area contributed by atoms with Crippen LogP contribution in [-0.2, 0) is 0 Å². The number of carbonyl (C=O) groups is 3. The highest BCUT2D eigenvalue weighted by molar-refractivity contribution is 6.31. The van der Waals surface area contributed by atoms with Crippen LogP contribution >= 0.6 is 0 Å². The average Bonchev–Trinajstić information content (AvgIpc) is 2.46. The Bertz CT molecular complexity index is 851. The van der Waals surface area contributed by atoms with E-state index in [-0.39, 0.29) is 28.0 Å². The van der Waals surface area contributed by atoms with E-state index in [1.54, 1.807) is 0 Å². The number of ether oxygens (including phenoxy) is 1. The summed E-state index contributed by atoms with van der Waals surface area (Å²) in [4.78, 5) is 35.7. The van der Waals surface area contributed by atoms with Crippen molar-refractivity contribution in [3.05, 3.63) is 52.6 Å². The number of carbonyl (C=O) groups excluding carboxylic acids is 2. The monoisotopic (exact) mass is 300 g/mol. The fourth-order valence-electron chi connectivity index (χ4n) is 2.43. The Kier molecular flexibility index (Phi) is 2.84. The maximum atomic E-state index is 12.5. The summed E-state index contributed by atoms with van der Waals surface area (Å²) < 4.78 is 4.52. The predicted octanol–water partition coefficient (Wildman–Crippen LogP) is 1.93. The molecule has 7 nitrogen and oxygen atoms in total. The Balaban J connectivity index is 2.32. The molecule has 0 saturated heterocycles. The highest BCUT2D eigenvalue weighted by Crippen LogP contribution is 2.40. The first-order chi connectivity index (χ1) is 10.4. The highest BCUT2D eigenvalue weighted by Gasteiger charge is 2.36. The lowest BCUT2D eigenvalue weighted by atomic mass is 9.82. The molecule has 1 aliphatic rings. The van der Waals surface area contributed by atoms with Crippen molar-refractivity contribution < 1.29 is 34.4 Å². The Hall–Kier alpha value is -3.35.